The van der Waals surface area contributed by atoms with E-state index in [0.717, 1.165) is 17.3 Å². The second-order valence-electron chi connectivity index (χ2n) is 4.77. The number of Topliss-reactive ketones (excluding diaryl/α,β-unsaturated/α-hetero) is 1. The number of allylic oxidation sites excluding steroid dienone is 2. The lowest BCUT2D eigenvalue weighted by Crippen LogP contribution is -2.00. The molecule has 7 nitrogen and oxygen atoms in total. The number of hydrogen-bond donors (Lipinski definition) is 1. The van der Waals surface area contributed by atoms with Crippen LogP contribution in [0, 0.1) is 0 Å². The number of nitrogens with zero attached hydrogens (tertiary/aromatic N) is 5. The third kappa shape index (κ3) is 3.07. The second kappa shape index (κ2) is 6.17. The van der Waals surface area contributed by atoms with Crippen molar-refractivity contribution >= 4 is 23.2 Å². The molecule has 23 heavy (non-hydrogen) atoms. The van der Waals surface area contributed by atoms with Crippen LogP contribution in [0.4, 0.5) is 0 Å². The first-order chi connectivity index (χ1) is 11.1. The summed E-state index contributed by atoms with van der Waals surface area (Å²) in [6, 6.07) is 7.13. The van der Waals surface area contributed by atoms with E-state index >= 15 is 0 Å². The molecular weight excluding hydrogens is 314 g/mol. The van der Waals surface area contributed by atoms with Gasteiger partial charge in [0.1, 0.15) is 10.8 Å². The summed E-state index contributed by atoms with van der Waals surface area (Å²) in [6.45, 7) is 2.88. The minimum Gasteiger partial charge on any atom is -0.511 e. The van der Waals surface area contributed by atoms with Crippen LogP contribution < -0.4 is 0 Å². The average molecular weight is 327 g/mol. The van der Waals surface area contributed by atoms with Crippen molar-refractivity contribution in [3.05, 3.63) is 47.3 Å². The number of aliphatic hydroxyl groups is 1. The monoisotopic (exact) mass is 327 g/mol. The van der Waals surface area contributed by atoms with Crippen LogP contribution >= 0.6 is 11.8 Å². The van der Waals surface area contributed by atoms with E-state index in [-0.39, 0.29) is 16.4 Å². The van der Waals surface area contributed by atoms with Crippen LogP contribution in [0.2, 0.25) is 0 Å². The van der Waals surface area contributed by atoms with Crippen molar-refractivity contribution in [1.29, 1.82) is 0 Å². The number of carbonyl (C=O) groups is 1. The molecule has 116 valence electrons. The Bertz CT molecular complexity index is 901. The molecule has 0 aliphatic rings. The summed E-state index contributed by atoms with van der Waals surface area (Å²) >= 11 is 1.11. The van der Waals surface area contributed by atoms with Crippen molar-refractivity contribution in [2.75, 3.05) is 0 Å². The smallest absolute Gasteiger partial charge is 0.185 e. The lowest BCUT2D eigenvalue weighted by molar-refractivity contribution is -0.113. The summed E-state index contributed by atoms with van der Waals surface area (Å²) in [7, 11) is 0. The number of pyridine rings is 1. The fourth-order valence-corrected chi connectivity index (χ4v) is 2.77. The van der Waals surface area contributed by atoms with Crippen LogP contribution in [0.3, 0.4) is 0 Å². The van der Waals surface area contributed by atoms with Gasteiger partial charge in [0.25, 0.3) is 0 Å². The van der Waals surface area contributed by atoms with Gasteiger partial charge in [-0.15, -0.1) is 10.2 Å². The molecular formula is C15H13N5O2S. The fourth-order valence-electron chi connectivity index (χ4n) is 2.01. The molecule has 0 unspecified atom stereocenters. The van der Waals surface area contributed by atoms with Crippen LogP contribution in [0.25, 0.3) is 17.0 Å². The zero-order valence-electron chi connectivity index (χ0n) is 12.5. The number of carbonyl (C=O) groups excluding carboxylic acids is 1. The number of rotatable bonds is 4. The van der Waals surface area contributed by atoms with Crippen molar-refractivity contribution in [2.45, 2.75) is 18.9 Å². The Morgan fingerprint density at radius 2 is 1.87 bits per heavy atom. The number of hydrogen-bond acceptors (Lipinski definition) is 7. The predicted octanol–water partition coefficient (Wildman–Crippen LogP) is 2.66. The zero-order valence-corrected chi connectivity index (χ0v) is 13.3. The molecule has 0 radical (unpaired) electrons. The highest BCUT2D eigenvalue weighted by Gasteiger charge is 2.14. The maximum absolute atomic E-state index is 11.6. The summed E-state index contributed by atoms with van der Waals surface area (Å²) in [5.74, 6) is 0.344. The molecule has 3 aromatic rings. The number of fused-ring (bicyclic) bond motifs is 1. The van der Waals surface area contributed by atoms with Gasteiger partial charge in [-0.1, -0.05) is 11.8 Å². The van der Waals surface area contributed by atoms with Crippen LogP contribution in [0.5, 0.6) is 0 Å². The highest BCUT2D eigenvalue weighted by molar-refractivity contribution is 8.04. The maximum Gasteiger partial charge on any atom is 0.185 e. The summed E-state index contributed by atoms with van der Waals surface area (Å²) < 4.78 is 1.60. The van der Waals surface area contributed by atoms with E-state index in [2.05, 4.69) is 20.3 Å². The summed E-state index contributed by atoms with van der Waals surface area (Å²) in [6.07, 6.45) is 3.33. The van der Waals surface area contributed by atoms with Crippen molar-refractivity contribution in [2.24, 2.45) is 0 Å². The zero-order chi connectivity index (χ0) is 16.4. The molecule has 0 spiro atoms. The summed E-state index contributed by atoms with van der Waals surface area (Å²) in [5.41, 5.74) is 1.43. The quantitative estimate of drug-likeness (QED) is 0.447. The molecule has 0 aliphatic carbocycles. The highest BCUT2D eigenvalue weighted by Crippen LogP contribution is 2.28. The first-order valence-electron chi connectivity index (χ1n) is 6.78. The number of aromatic nitrogens is 5. The first kappa shape index (κ1) is 15.2. The minimum atomic E-state index is -0.213. The average Bonchev–Trinajstić information content (AvgIpc) is 2.96. The summed E-state index contributed by atoms with van der Waals surface area (Å²) in [5, 5.41) is 22.9. The number of thioether (sulfide) groups is 1. The SMILES string of the molecule is CC(=O)/C(Sc1ccc2nnc(-c3ccncc3)n2n1)=C(/C)O. The molecule has 0 atom stereocenters. The standard InChI is InChI=1S/C15H13N5O2S/c1-9(21)14(10(2)22)23-13-4-3-12-17-18-15(20(12)19-13)11-5-7-16-8-6-11/h3-8,21H,1-2H3/b14-9+. The molecule has 0 aliphatic heterocycles. The van der Waals surface area contributed by atoms with Gasteiger partial charge in [0.05, 0.1) is 4.91 Å². The van der Waals surface area contributed by atoms with E-state index in [9.17, 15) is 9.90 Å². The topological polar surface area (TPSA) is 93.3 Å². The molecule has 0 bridgehead atoms. The highest BCUT2D eigenvalue weighted by atomic mass is 32.2. The van der Waals surface area contributed by atoms with Gasteiger partial charge < -0.3 is 5.11 Å². The van der Waals surface area contributed by atoms with E-state index in [4.69, 9.17) is 0 Å². The molecule has 8 heteroatoms. The van der Waals surface area contributed by atoms with Gasteiger partial charge in [-0.2, -0.15) is 9.61 Å². The Morgan fingerprint density at radius 3 is 2.52 bits per heavy atom. The molecule has 0 saturated carbocycles. The van der Waals surface area contributed by atoms with Crippen molar-refractivity contribution in [3.8, 4) is 11.4 Å². The molecule has 3 rings (SSSR count). The fraction of sp³-hybridized carbons (Fsp3) is 0.133. The van der Waals surface area contributed by atoms with Crippen LogP contribution in [0.15, 0.2) is 52.3 Å². The maximum atomic E-state index is 11.6. The van der Waals surface area contributed by atoms with E-state index < -0.39 is 0 Å². The van der Waals surface area contributed by atoms with E-state index in [1.165, 1.54) is 13.8 Å². The Labute approximate surface area is 136 Å². The Hall–Kier alpha value is -2.74. The molecule has 1 N–H and O–H groups in total. The second-order valence-corrected chi connectivity index (χ2v) is 5.80. The minimum absolute atomic E-state index is 0.0255. The number of aliphatic hydroxyl groups excluding tert-OH is 1. The largest absolute Gasteiger partial charge is 0.511 e. The van der Waals surface area contributed by atoms with Gasteiger partial charge in [0.2, 0.25) is 0 Å². The van der Waals surface area contributed by atoms with E-state index in [0.29, 0.717) is 16.5 Å². The molecule has 0 fully saturated rings. The Morgan fingerprint density at radius 1 is 1.13 bits per heavy atom. The van der Waals surface area contributed by atoms with E-state index in [1.807, 2.05) is 12.1 Å². The van der Waals surface area contributed by atoms with E-state index in [1.54, 1.807) is 29.0 Å². The van der Waals surface area contributed by atoms with Gasteiger partial charge in [-0.25, -0.2) is 0 Å². The third-order valence-electron chi connectivity index (χ3n) is 3.03. The normalized spacial score (nSPS) is 12.3. The predicted molar refractivity (Wildman–Crippen MR) is 85.9 cm³/mol. The molecule has 3 aromatic heterocycles. The van der Waals surface area contributed by atoms with Crippen LogP contribution in [-0.4, -0.2) is 35.7 Å². The first-order valence-corrected chi connectivity index (χ1v) is 7.59. The number of ketones is 1. The van der Waals surface area contributed by atoms with Gasteiger partial charge in [-0.05, 0) is 38.1 Å². The van der Waals surface area contributed by atoms with Crippen LogP contribution in [-0.2, 0) is 4.79 Å². The lowest BCUT2D eigenvalue weighted by atomic mass is 10.2. The van der Waals surface area contributed by atoms with Gasteiger partial charge >= 0.3 is 0 Å². The Balaban J connectivity index is 2.05. The third-order valence-corrected chi connectivity index (χ3v) is 4.25. The van der Waals surface area contributed by atoms with Crippen LogP contribution in [0.1, 0.15) is 13.8 Å². The molecule has 0 amide bonds. The molecule has 0 aromatic carbocycles. The summed E-state index contributed by atoms with van der Waals surface area (Å²) in [4.78, 5) is 15.8. The van der Waals surface area contributed by atoms with Gasteiger partial charge in [0, 0.05) is 18.0 Å². The lowest BCUT2D eigenvalue weighted by Gasteiger charge is -2.05. The Kier molecular flexibility index (Phi) is 4.07. The molecule has 3 heterocycles. The van der Waals surface area contributed by atoms with Gasteiger partial charge in [0.15, 0.2) is 17.3 Å². The van der Waals surface area contributed by atoms with Crippen molar-refractivity contribution in [3.63, 3.8) is 0 Å². The van der Waals surface area contributed by atoms with Crippen molar-refractivity contribution < 1.29 is 9.90 Å². The van der Waals surface area contributed by atoms with Crippen molar-refractivity contribution in [1.82, 2.24) is 24.8 Å². The van der Waals surface area contributed by atoms with Gasteiger partial charge in [-0.3, -0.25) is 9.78 Å². The molecule has 0 saturated heterocycles.